The largest absolute Gasteiger partial charge is 0.496 e. The third-order valence-corrected chi connectivity index (χ3v) is 6.74. The number of nitrogens with zero attached hydrogens (tertiary/aromatic N) is 4. The Hall–Kier alpha value is -3.58. The van der Waals surface area contributed by atoms with Crippen LogP contribution in [0.4, 0.5) is 0 Å². The summed E-state index contributed by atoms with van der Waals surface area (Å²) in [6, 6.07) is 28.2. The summed E-state index contributed by atoms with van der Waals surface area (Å²) in [7, 11) is 1.65. The molecule has 0 saturated carbocycles. The van der Waals surface area contributed by atoms with Crippen LogP contribution in [-0.4, -0.2) is 45.0 Å². The number of benzene rings is 3. The molecule has 1 aromatic heterocycles. The Morgan fingerprint density at radius 2 is 1.57 bits per heavy atom. The quantitative estimate of drug-likeness (QED) is 0.268. The van der Waals surface area contributed by atoms with Crippen LogP contribution in [0, 0.1) is 0 Å². The van der Waals surface area contributed by atoms with Gasteiger partial charge in [0.2, 0.25) is 5.91 Å². The minimum absolute atomic E-state index is 0.0827. The van der Waals surface area contributed by atoms with Crippen molar-refractivity contribution < 1.29 is 9.53 Å². The second-order valence-electron chi connectivity index (χ2n) is 8.08. The van der Waals surface area contributed by atoms with E-state index in [1.165, 1.54) is 17.3 Å². The fraction of sp³-hybridized carbons (Fsp3) is 0.250. The number of carbonyl (C=O) groups is 1. The number of thioether (sulfide) groups is 1. The molecule has 4 rings (SSSR count). The lowest BCUT2D eigenvalue weighted by Gasteiger charge is -2.23. The smallest absolute Gasteiger partial charge is 0.233 e. The number of hydrogen-bond acceptors (Lipinski definition) is 5. The van der Waals surface area contributed by atoms with Gasteiger partial charge >= 0.3 is 0 Å². The minimum Gasteiger partial charge on any atom is -0.496 e. The van der Waals surface area contributed by atoms with Crippen LogP contribution in [0.1, 0.15) is 18.1 Å². The lowest BCUT2D eigenvalue weighted by Crippen LogP contribution is -2.34. The molecule has 0 radical (unpaired) electrons. The van der Waals surface area contributed by atoms with Gasteiger partial charge in [-0.1, -0.05) is 84.6 Å². The van der Waals surface area contributed by atoms with Gasteiger partial charge < -0.3 is 14.2 Å². The molecule has 6 nitrogen and oxygen atoms in total. The lowest BCUT2D eigenvalue weighted by molar-refractivity contribution is -0.128. The first-order valence-electron chi connectivity index (χ1n) is 11.7. The van der Waals surface area contributed by atoms with Crippen molar-refractivity contribution in [2.75, 3.05) is 19.4 Å². The van der Waals surface area contributed by atoms with Crippen molar-refractivity contribution >= 4 is 17.7 Å². The van der Waals surface area contributed by atoms with Gasteiger partial charge in [0, 0.05) is 19.6 Å². The van der Waals surface area contributed by atoms with Crippen LogP contribution < -0.4 is 4.74 Å². The molecule has 0 atom stereocenters. The van der Waals surface area contributed by atoms with Crippen molar-refractivity contribution in [2.45, 2.75) is 31.6 Å². The lowest BCUT2D eigenvalue weighted by atomic mass is 10.1. The molecule has 1 amide bonds. The molecule has 4 aromatic rings. The van der Waals surface area contributed by atoms with E-state index in [0.717, 1.165) is 34.3 Å². The molecule has 0 aliphatic rings. The number of hydrogen-bond donors (Lipinski definition) is 0. The summed E-state index contributed by atoms with van der Waals surface area (Å²) in [5.74, 6) is 1.87. The highest BCUT2D eigenvalue weighted by atomic mass is 32.2. The summed E-state index contributed by atoms with van der Waals surface area (Å²) in [4.78, 5) is 15.3. The summed E-state index contributed by atoms with van der Waals surface area (Å²) in [6.07, 6.45) is 0.813. The average molecular weight is 487 g/mol. The Kier molecular flexibility index (Phi) is 8.57. The minimum atomic E-state index is 0.0827. The van der Waals surface area contributed by atoms with Gasteiger partial charge in [0.1, 0.15) is 5.75 Å². The molecular formula is C28H30N4O2S. The van der Waals surface area contributed by atoms with Crippen molar-refractivity contribution in [1.29, 1.82) is 0 Å². The number of carbonyl (C=O) groups excluding carboxylic acids is 1. The standard InChI is InChI=1S/C28H30N4O2S/c1-3-32-27(24-16-10-11-17-25(24)34-2)29-30-28(32)35-21-26(33)31(20-23-14-8-5-9-15-23)19-18-22-12-6-4-7-13-22/h4-17H,3,18-21H2,1-2H3. The van der Waals surface area contributed by atoms with Crippen molar-refractivity contribution in [3.8, 4) is 17.1 Å². The second-order valence-corrected chi connectivity index (χ2v) is 9.02. The topological polar surface area (TPSA) is 60.2 Å². The zero-order valence-electron chi connectivity index (χ0n) is 20.1. The molecular weight excluding hydrogens is 456 g/mol. The predicted molar refractivity (Wildman–Crippen MR) is 140 cm³/mol. The van der Waals surface area contributed by atoms with Crippen LogP contribution in [0.5, 0.6) is 5.75 Å². The maximum atomic E-state index is 13.3. The fourth-order valence-electron chi connectivity index (χ4n) is 3.93. The molecule has 0 fully saturated rings. The van der Waals surface area contributed by atoms with Crippen molar-refractivity contribution in [2.24, 2.45) is 0 Å². The Bertz CT molecular complexity index is 1230. The molecule has 180 valence electrons. The monoisotopic (exact) mass is 486 g/mol. The van der Waals surface area contributed by atoms with Crippen LogP contribution in [0.15, 0.2) is 90.1 Å². The van der Waals surface area contributed by atoms with Gasteiger partial charge in [-0.3, -0.25) is 4.79 Å². The van der Waals surface area contributed by atoms with Crippen molar-refractivity contribution in [3.63, 3.8) is 0 Å². The molecule has 1 heterocycles. The number of amides is 1. The molecule has 35 heavy (non-hydrogen) atoms. The molecule has 0 aliphatic carbocycles. The Morgan fingerprint density at radius 3 is 2.26 bits per heavy atom. The van der Waals surface area contributed by atoms with Crippen LogP contribution >= 0.6 is 11.8 Å². The maximum Gasteiger partial charge on any atom is 0.233 e. The normalized spacial score (nSPS) is 10.8. The number of rotatable bonds is 11. The third-order valence-electron chi connectivity index (χ3n) is 5.79. The van der Waals surface area contributed by atoms with Crippen molar-refractivity contribution in [1.82, 2.24) is 19.7 Å². The molecule has 0 saturated heterocycles. The van der Waals surface area contributed by atoms with E-state index in [9.17, 15) is 4.79 Å². The molecule has 0 unspecified atom stereocenters. The zero-order valence-corrected chi connectivity index (χ0v) is 20.9. The molecule has 7 heteroatoms. The summed E-state index contributed by atoms with van der Waals surface area (Å²) < 4.78 is 7.54. The first-order chi connectivity index (χ1) is 17.2. The summed E-state index contributed by atoms with van der Waals surface area (Å²) in [5, 5.41) is 9.54. The van der Waals surface area contributed by atoms with E-state index < -0.39 is 0 Å². The predicted octanol–water partition coefficient (Wildman–Crippen LogP) is 5.34. The van der Waals surface area contributed by atoms with Gasteiger partial charge in [-0.25, -0.2) is 0 Å². The van der Waals surface area contributed by atoms with Gasteiger partial charge in [0.05, 0.1) is 18.4 Å². The van der Waals surface area contributed by atoms with Crippen LogP contribution in [0.25, 0.3) is 11.4 Å². The molecule has 0 N–H and O–H groups in total. The van der Waals surface area contributed by atoms with E-state index in [1.807, 2.05) is 70.1 Å². The van der Waals surface area contributed by atoms with Gasteiger partial charge in [-0.2, -0.15) is 0 Å². The first kappa shape index (κ1) is 24.5. The molecule has 3 aromatic carbocycles. The average Bonchev–Trinajstić information content (AvgIpc) is 3.33. The Labute approximate surface area is 211 Å². The highest BCUT2D eigenvalue weighted by molar-refractivity contribution is 7.99. The van der Waals surface area contributed by atoms with Gasteiger partial charge in [-0.05, 0) is 36.6 Å². The first-order valence-corrected chi connectivity index (χ1v) is 12.7. The highest BCUT2D eigenvalue weighted by Crippen LogP contribution is 2.31. The van der Waals surface area contributed by atoms with E-state index in [-0.39, 0.29) is 5.91 Å². The van der Waals surface area contributed by atoms with Gasteiger partial charge in [-0.15, -0.1) is 10.2 Å². The Morgan fingerprint density at radius 1 is 0.914 bits per heavy atom. The van der Waals surface area contributed by atoms with Crippen molar-refractivity contribution in [3.05, 3.63) is 96.1 Å². The molecule has 0 spiro atoms. The third kappa shape index (κ3) is 6.31. The number of aromatic nitrogens is 3. The number of methoxy groups -OCH3 is 1. The molecule has 0 aliphatic heterocycles. The summed E-state index contributed by atoms with van der Waals surface area (Å²) >= 11 is 1.43. The zero-order chi connectivity index (χ0) is 24.5. The number of para-hydroxylation sites is 1. The van der Waals surface area contributed by atoms with Gasteiger partial charge in [0.15, 0.2) is 11.0 Å². The molecule has 0 bridgehead atoms. The van der Waals surface area contributed by atoms with Crippen LogP contribution in [0.2, 0.25) is 0 Å². The maximum absolute atomic E-state index is 13.3. The van der Waals surface area contributed by atoms with E-state index in [1.54, 1.807) is 7.11 Å². The van der Waals surface area contributed by atoms with Gasteiger partial charge in [0.25, 0.3) is 0 Å². The van der Waals surface area contributed by atoms with Crippen LogP contribution in [0.3, 0.4) is 0 Å². The van der Waals surface area contributed by atoms with E-state index >= 15 is 0 Å². The van der Waals surface area contributed by atoms with E-state index in [0.29, 0.717) is 25.4 Å². The SMILES string of the molecule is CCn1c(SCC(=O)N(CCc2ccccc2)Cc2ccccc2)nnc1-c1ccccc1OC. The van der Waals surface area contributed by atoms with Crippen LogP contribution in [-0.2, 0) is 24.3 Å². The fourth-order valence-corrected chi connectivity index (χ4v) is 4.84. The highest BCUT2D eigenvalue weighted by Gasteiger charge is 2.19. The summed E-state index contributed by atoms with van der Waals surface area (Å²) in [5.41, 5.74) is 3.23. The summed E-state index contributed by atoms with van der Waals surface area (Å²) in [6.45, 7) is 3.99. The number of ether oxygens (including phenoxy) is 1. The Balaban J connectivity index is 1.48. The van der Waals surface area contributed by atoms with E-state index in [2.05, 4.69) is 41.4 Å². The second kappa shape index (κ2) is 12.2. The van der Waals surface area contributed by atoms with E-state index in [4.69, 9.17) is 4.74 Å².